The van der Waals surface area contributed by atoms with Gasteiger partial charge in [0.25, 0.3) is 0 Å². The first-order chi connectivity index (χ1) is 14.5. The molecular formula is C24H20FN3OS. The number of hydrogen-bond donors (Lipinski definition) is 1. The number of fused-ring (bicyclic) bond motifs is 1. The van der Waals surface area contributed by atoms with E-state index in [4.69, 9.17) is 0 Å². The third-order valence-electron chi connectivity index (χ3n) is 4.71. The maximum Gasteiger partial charge on any atom is 0.237 e. The van der Waals surface area contributed by atoms with Crippen molar-refractivity contribution in [2.75, 3.05) is 5.32 Å². The number of carbonyl (C=O) groups is 1. The summed E-state index contributed by atoms with van der Waals surface area (Å²) >= 11 is 1.37. The average molecular weight is 418 g/mol. The van der Waals surface area contributed by atoms with Crippen molar-refractivity contribution in [3.63, 3.8) is 0 Å². The minimum absolute atomic E-state index is 0.0981. The molecule has 1 atom stereocenters. The van der Waals surface area contributed by atoms with E-state index in [0.29, 0.717) is 10.7 Å². The molecule has 4 aromatic rings. The molecule has 30 heavy (non-hydrogen) atoms. The fourth-order valence-electron chi connectivity index (χ4n) is 3.17. The van der Waals surface area contributed by atoms with Gasteiger partial charge in [0.2, 0.25) is 5.91 Å². The molecule has 6 heteroatoms. The van der Waals surface area contributed by atoms with Crippen LogP contribution < -0.4 is 5.32 Å². The molecule has 0 aliphatic carbocycles. The van der Waals surface area contributed by atoms with Gasteiger partial charge in [-0.1, -0.05) is 48.2 Å². The molecule has 0 aliphatic rings. The molecule has 3 aromatic carbocycles. The Bertz CT molecular complexity index is 1210. The van der Waals surface area contributed by atoms with E-state index in [1.54, 1.807) is 12.1 Å². The monoisotopic (exact) mass is 417 g/mol. The predicted molar refractivity (Wildman–Crippen MR) is 120 cm³/mol. The lowest BCUT2D eigenvalue weighted by Gasteiger charge is -2.14. The molecule has 0 fully saturated rings. The fourth-order valence-corrected chi connectivity index (χ4v) is 4.07. The summed E-state index contributed by atoms with van der Waals surface area (Å²) in [6.07, 6.45) is 0. The van der Waals surface area contributed by atoms with Crippen LogP contribution in [0.25, 0.3) is 22.0 Å². The van der Waals surface area contributed by atoms with Crippen molar-refractivity contribution < 1.29 is 9.18 Å². The third-order valence-corrected chi connectivity index (χ3v) is 5.81. The second-order valence-corrected chi connectivity index (χ2v) is 8.35. The molecular weight excluding hydrogens is 397 g/mol. The Kier molecular flexibility index (Phi) is 5.77. The first-order valence-electron chi connectivity index (χ1n) is 9.57. The molecule has 0 bridgehead atoms. The number of halogens is 1. The van der Waals surface area contributed by atoms with Gasteiger partial charge in [0.1, 0.15) is 16.5 Å². The van der Waals surface area contributed by atoms with E-state index in [1.807, 2.05) is 62.4 Å². The van der Waals surface area contributed by atoms with Crippen molar-refractivity contribution in [2.45, 2.75) is 24.1 Å². The summed E-state index contributed by atoms with van der Waals surface area (Å²) in [4.78, 5) is 12.7. The number of aryl methyl sites for hydroxylation is 1. The number of carbonyl (C=O) groups excluding carboxylic acids is 1. The number of thioether (sulfide) groups is 1. The number of amides is 1. The molecule has 0 aliphatic heterocycles. The van der Waals surface area contributed by atoms with Crippen LogP contribution in [0.2, 0.25) is 0 Å². The van der Waals surface area contributed by atoms with Crippen LogP contribution in [0.3, 0.4) is 0 Å². The minimum atomic E-state index is -0.361. The summed E-state index contributed by atoms with van der Waals surface area (Å²) in [6.45, 7) is 3.83. The Morgan fingerprint density at radius 1 is 0.967 bits per heavy atom. The van der Waals surface area contributed by atoms with E-state index in [0.717, 1.165) is 27.6 Å². The van der Waals surface area contributed by atoms with Crippen molar-refractivity contribution in [1.82, 2.24) is 10.2 Å². The Morgan fingerprint density at radius 2 is 1.70 bits per heavy atom. The largest absolute Gasteiger partial charge is 0.325 e. The van der Waals surface area contributed by atoms with Gasteiger partial charge in [-0.3, -0.25) is 4.79 Å². The van der Waals surface area contributed by atoms with Gasteiger partial charge in [-0.05, 0) is 55.8 Å². The van der Waals surface area contributed by atoms with Crippen LogP contribution in [-0.4, -0.2) is 21.4 Å². The second-order valence-electron chi connectivity index (χ2n) is 7.03. The van der Waals surface area contributed by atoms with Gasteiger partial charge in [0.05, 0.1) is 5.25 Å². The summed E-state index contributed by atoms with van der Waals surface area (Å²) in [5, 5.41) is 13.9. The first kappa shape index (κ1) is 20.0. The van der Waals surface area contributed by atoms with Crippen molar-refractivity contribution >= 4 is 34.1 Å². The normalized spacial score (nSPS) is 12.0. The molecule has 1 amide bonds. The minimum Gasteiger partial charge on any atom is -0.325 e. The van der Waals surface area contributed by atoms with Crippen LogP contribution in [0.15, 0.2) is 77.8 Å². The Hall–Kier alpha value is -3.25. The van der Waals surface area contributed by atoms with Crippen LogP contribution in [0.5, 0.6) is 0 Å². The maximum absolute atomic E-state index is 13.3. The highest BCUT2D eigenvalue weighted by Crippen LogP contribution is 2.33. The summed E-state index contributed by atoms with van der Waals surface area (Å²) in [5.41, 5.74) is 3.34. The Labute approximate surface area is 178 Å². The van der Waals surface area contributed by atoms with Crippen LogP contribution in [0, 0.1) is 12.7 Å². The molecule has 0 saturated carbocycles. The van der Waals surface area contributed by atoms with E-state index in [1.165, 1.54) is 23.9 Å². The first-order valence-corrected chi connectivity index (χ1v) is 10.4. The van der Waals surface area contributed by atoms with Crippen LogP contribution in [0.1, 0.15) is 12.5 Å². The van der Waals surface area contributed by atoms with E-state index in [9.17, 15) is 9.18 Å². The van der Waals surface area contributed by atoms with E-state index >= 15 is 0 Å². The van der Waals surface area contributed by atoms with Crippen molar-refractivity contribution in [3.05, 3.63) is 84.2 Å². The molecule has 150 valence electrons. The average Bonchev–Trinajstić information content (AvgIpc) is 2.75. The smallest absolute Gasteiger partial charge is 0.237 e. The number of benzene rings is 3. The van der Waals surface area contributed by atoms with Crippen LogP contribution in [0.4, 0.5) is 10.1 Å². The number of nitrogens with zero attached hydrogens (tertiary/aromatic N) is 2. The van der Waals surface area contributed by atoms with Gasteiger partial charge in [-0.2, -0.15) is 0 Å². The predicted octanol–water partition coefficient (Wildman–Crippen LogP) is 5.86. The lowest BCUT2D eigenvalue weighted by Crippen LogP contribution is -2.22. The second kappa shape index (κ2) is 8.63. The molecule has 1 unspecified atom stereocenters. The van der Waals surface area contributed by atoms with E-state index in [-0.39, 0.29) is 17.0 Å². The van der Waals surface area contributed by atoms with Gasteiger partial charge >= 0.3 is 0 Å². The highest BCUT2D eigenvalue weighted by Gasteiger charge is 2.19. The van der Waals surface area contributed by atoms with Gasteiger partial charge in [0, 0.05) is 22.0 Å². The van der Waals surface area contributed by atoms with Crippen molar-refractivity contribution in [2.24, 2.45) is 0 Å². The third kappa shape index (κ3) is 4.33. The number of rotatable bonds is 5. The molecule has 4 nitrogen and oxygen atoms in total. The van der Waals surface area contributed by atoms with Gasteiger partial charge in [-0.15, -0.1) is 10.2 Å². The van der Waals surface area contributed by atoms with Gasteiger partial charge < -0.3 is 5.32 Å². The summed E-state index contributed by atoms with van der Waals surface area (Å²) in [6, 6.07) is 21.7. The molecule has 4 rings (SSSR count). The summed E-state index contributed by atoms with van der Waals surface area (Å²) in [7, 11) is 0. The zero-order valence-electron chi connectivity index (χ0n) is 16.6. The zero-order chi connectivity index (χ0) is 21.1. The quantitative estimate of drug-likeness (QED) is 0.413. The number of aromatic nitrogens is 2. The Morgan fingerprint density at radius 3 is 2.43 bits per heavy atom. The maximum atomic E-state index is 13.3. The standard InChI is InChI=1S/C24H20FN3OS/c1-15-6-5-7-19(14-15)26-23(29)16(2)30-24-21-9-4-3-8-20(21)22(27-28-24)17-10-12-18(25)13-11-17/h3-14,16H,1-2H3,(H,26,29). The molecule has 1 aromatic heterocycles. The molecule has 1 heterocycles. The molecule has 0 saturated heterocycles. The molecule has 0 radical (unpaired) electrons. The number of nitrogens with one attached hydrogen (secondary N) is 1. The zero-order valence-corrected chi connectivity index (χ0v) is 17.4. The molecule has 1 N–H and O–H groups in total. The van der Waals surface area contributed by atoms with E-state index < -0.39 is 0 Å². The lowest BCUT2D eigenvalue weighted by atomic mass is 10.1. The molecule has 0 spiro atoms. The highest BCUT2D eigenvalue weighted by molar-refractivity contribution is 8.00. The Balaban J connectivity index is 1.61. The van der Waals surface area contributed by atoms with E-state index in [2.05, 4.69) is 15.5 Å². The SMILES string of the molecule is Cc1cccc(NC(=O)C(C)Sc2nnc(-c3ccc(F)cc3)c3ccccc23)c1. The number of anilines is 1. The van der Waals surface area contributed by atoms with Crippen LogP contribution in [-0.2, 0) is 4.79 Å². The van der Waals surface area contributed by atoms with Crippen molar-refractivity contribution in [1.29, 1.82) is 0 Å². The summed E-state index contributed by atoms with van der Waals surface area (Å²) in [5.74, 6) is -0.393. The van der Waals surface area contributed by atoms with Gasteiger partial charge in [-0.25, -0.2) is 4.39 Å². The topological polar surface area (TPSA) is 54.9 Å². The fraction of sp³-hybridized carbons (Fsp3) is 0.125. The van der Waals surface area contributed by atoms with Crippen LogP contribution >= 0.6 is 11.8 Å². The van der Waals surface area contributed by atoms with Gasteiger partial charge in [0.15, 0.2) is 0 Å². The lowest BCUT2D eigenvalue weighted by molar-refractivity contribution is -0.115. The number of hydrogen-bond acceptors (Lipinski definition) is 4. The highest BCUT2D eigenvalue weighted by atomic mass is 32.2. The summed E-state index contributed by atoms with van der Waals surface area (Å²) < 4.78 is 13.3. The van der Waals surface area contributed by atoms with Crippen molar-refractivity contribution in [3.8, 4) is 11.3 Å².